The molecule has 3 aromatic heterocycles. The fraction of sp³-hybridized carbons (Fsp3) is 0.654. The summed E-state index contributed by atoms with van der Waals surface area (Å²) in [5.41, 5.74) is 3.08. The van der Waals surface area contributed by atoms with E-state index in [0.717, 1.165) is 0 Å². The standard InChI is InChI=1S/C26H37FN10O8/c1-5-43-21-15-20(37(10-32-15)22-25(2,27)16(38)12(44-22)6-41-4)34-24(35-21)33-11-42-7-13-17(39)26(3,40)23(45-13)36-9-31-14-18(28)29-8-30-19(14)36/h8-10,12-13,16-17,21-23,38-40H,5-7,11H2,1-4H3,(H2,28,29,30)(H2,33,34,35)/t12-,13-,16-,17-,21?,22-,23-,25-,26-/m1/s1. The predicted octanol–water partition coefficient (Wildman–Crippen LogP) is -0.863. The number of methoxy groups -OCH3 is 1. The largest absolute Gasteiger partial charge is 0.387 e. The average Bonchev–Trinajstić information content (AvgIpc) is 3.73. The maximum atomic E-state index is 15.7. The third-order valence-corrected chi connectivity index (χ3v) is 8.18. The van der Waals surface area contributed by atoms with Crippen molar-refractivity contribution < 1.29 is 43.4 Å². The van der Waals surface area contributed by atoms with Gasteiger partial charge in [0.05, 0.1) is 25.9 Å². The molecule has 2 fully saturated rings. The fourth-order valence-electron chi connectivity index (χ4n) is 5.78. The molecule has 9 atom stereocenters. The summed E-state index contributed by atoms with van der Waals surface area (Å²) in [6.07, 6.45) is -3.49. The molecule has 6 heterocycles. The predicted molar refractivity (Wildman–Crippen MR) is 152 cm³/mol. The van der Waals surface area contributed by atoms with Crippen LogP contribution in [0.15, 0.2) is 24.0 Å². The van der Waals surface area contributed by atoms with Crippen LogP contribution in [0.3, 0.4) is 0 Å². The van der Waals surface area contributed by atoms with Gasteiger partial charge in [0.25, 0.3) is 0 Å². The minimum atomic E-state index is -2.17. The lowest BCUT2D eigenvalue weighted by atomic mass is 9.96. The van der Waals surface area contributed by atoms with Gasteiger partial charge in [-0.3, -0.25) is 9.13 Å². The summed E-state index contributed by atoms with van der Waals surface area (Å²) in [5, 5.41) is 38.6. The Labute approximate surface area is 256 Å². The lowest BCUT2D eigenvalue weighted by molar-refractivity contribution is -0.0964. The van der Waals surface area contributed by atoms with Gasteiger partial charge in [0, 0.05) is 13.7 Å². The van der Waals surface area contributed by atoms with Gasteiger partial charge in [0.1, 0.15) is 54.3 Å². The summed E-state index contributed by atoms with van der Waals surface area (Å²) in [7, 11) is 1.44. The lowest BCUT2D eigenvalue weighted by Gasteiger charge is -2.28. The number of aliphatic hydroxyl groups is 3. The summed E-state index contributed by atoms with van der Waals surface area (Å²) in [6, 6.07) is 0. The number of ether oxygens (including phenoxy) is 5. The zero-order chi connectivity index (χ0) is 32.1. The van der Waals surface area contributed by atoms with Crippen LogP contribution in [0.4, 0.5) is 16.0 Å². The Kier molecular flexibility index (Phi) is 8.37. The molecular weight excluding hydrogens is 599 g/mol. The zero-order valence-corrected chi connectivity index (χ0v) is 25.1. The first-order valence-electron chi connectivity index (χ1n) is 14.3. The maximum Gasteiger partial charge on any atom is 0.202 e. The number of anilines is 1. The molecule has 3 aromatic rings. The maximum absolute atomic E-state index is 15.7. The number of nitrogens with two attached hydrogens (primary N) is 1. The number of nitrogens with one attached hydrogen (secondary N) is 2. The van der Waals surface area contributed by atoms with Gasteiger partial charge in [-0.05, 0) is 20.8 Å². The number of alkyl halides is 1. The molecule has 3 aliphatic rings. The number of aliphatic hydroxyl groups excluding tert-OH is 2. The van der Waals surface area contributed by atoms with Gasteiger partial charge in [-0.2, -0.15) is 4.99 Å². The number of guanidine groups is 1. The number of aliphatic imine (C=N–C) groups is 1. The smallest absolute Gasteiger partial charge is 0.202 e. The molecule has 0 saturated carbocycles. The van der Waals surface area contributed by atoms with Crippen LogP contribution < -0.4 is 16.4 Å². The third kappa shape index (κ3) is 5.37. The average molecular weight is 637 g/mol. The van der Waals surface area contributed by atoms with Crippen molar-refractivity contribution in [2.24, 2.45) is 4.99 Å². The van der Waals surface area contributed by atoms with Gasteiger partial charge in [0.15, 0.2) is 41.6 Å². The number of fused-ring (bicyclic) bond motifs is 2. The minimum Gasteiger partial charge on any atom is -0.387 e. The molecule has 0 bridgehead atoms. The van der Waals surface area contributed by atoms with Gasteiger partial charge >= 0.3 is 0 Å². The van der Waals surface area contributed by atoms with E-state index in [1.165, 1.54) is 49.1 Å². The van der Waals surface area contributed by atoms with Crippen LogP contribution in [-0.4, -0.2) is 120 Å². The van der Waals surface area contributed by atoms with Crippen LogP contribution >= 0.6 is 0 Å². The highest BCUT2D eigenvalue weighted by Crippen LogP contribution is 2.45. The minimum absolute atomic E-state index is 0.00208. The van der Waals surface area contributed by atoms with Crippen LogP contribution in [0.2, 0.25) is 0 Å². The van der Waals surface area contributed by atoms with E-state index in [1.807, 2.05) is 6.92 Å². The molecule has 7 N–H and O–H groups in total. The highest BCUT2D eigenvalue weighted by molar-refractivity contribution is 5.84. The van der Waals surface area contributed by atoms with E-state index in [4.69, 9.17) is 29.4 Å². The number of hydrogen-bond acceptors (Lipinski definition) is 16. The first-order valence-corrected chi connectivity index (χ1v) is 14.3. The molecule has 19 heteroatoms. The molecule has 0 aliphatic carbocycles. The molecule has 1 unspecified atom stereocenters. The summed E-state index contributed by atoms with van der Waals surface area (Å²) in [5.74, 6) is 0.667. The third-order valence-electron chi connectivity index (χ3n) is 8.18. The molecule has 0 radical (unpaired) electrons. The Balaban J connectivity index is 1.13. The zero-order valence-electron chi connectivity index (χ0n) is 25.1. The highest BCUT2D eigenvalue weighted by atomic mass is 19.1. The van der Waals surface area contributed by atoms with Gasteiger partial charge < -0.3 is 55.4 Å². The number of aromatic nitrogens is 6. The molecule has 18 nitrogen and oxygen atoms in total. The summed E-state index contributed by atoms with van der Waals surface area (Å²) in [4.78, 5) is 21.2. The summed E-state index contributed by atoms with van der Waals surface area (Å²) >= 11 is 0. The van der Waals surface area contributed by atoms with Crippen molar-refractivity contribution in [1.29, 1.82) is 0 Å². The van der Waals surface area contributed by atoms with Crippen LogP contribution in [0, 0.1) is 0 Å². The molecule has 45 heavy (non-hydrogen) atoms. The van der Waals surface area contributed by atoms with Crippen molar-refractivity contribution >= 4 is 28.8 Å². The molecule has 6 rings (SSSR count). The van der Waals surface area contributed by atoms with Gasteiger partial charge in [0.2, 0.25) is 5.96 Å². The van der Waals surface area contributed by atoms with E-state index in [2.05, 4.69) is 35.6 Å². The van der Waals surface area contributed by atoms with E-state index in [-0.39, 0.29) is 37.5 Å². The van der Waals surface area contributed by atoms with Crippen molar-refractivity contribution in [3.8, 4) is 0 Å². The van der Waals surface area contributed by atoms with E-state index in [9.17, 15) is 15.3 Å². The van der Waals surface area contributed by atoms with Crippen LogP contribution in [0.5, 0.6) is 0 Å². The molecule has 246 valence electrons. The van der Waals surface area contributed by atoms with Crippen LogP contribution in [0.1, 0.15) is 45.1 Å². The number of nitrogens with zero attached hydrogens (tertiary/aromatic N) is 7. The van der Waals surface area contributed by atoms with Crippen molar-refractivity contribution in [3.05, 3.63) is 24.7 Å². The quantitative estimate of drug-likeness (QED) is 0.117. The molecule has 0 amide bonds. The Morgan fingerprint density at radius 1 is 1.07 bits per heavy atom. The van der Waals surface area contributed by atoms with Gasteiger partial charge in [-0.15, -0.1) is 0 Å². The topological polar surface area (TPSA) is 231 Å². The molecule has 2 saturated heterocycles. The number of imidazole rings is 2. The van der Waals surface area contributed by atoms with Crippen LogP contribution in [-0.2, 0) is 23.7 Å². The first kappa shape index (κ1) is 31.4. The van der Waals surface area contributed by atoms with Crippen molar-refractivity contribution in [2.45, 2.75) is 75.1 Å². The second kappa shape index (κ2) is 12.0. The van der Waals surface area contributed by atoms with Crippen molar-refractivity contribution in [3.63, 3.8) is 0 Å². The van der Waals surface area contributed by atoms with E-state index in [0.29, 0.717) is 23.5 Å². The first-order chi connectivity index (χ1) is 21.5. The number of halogens is 1. The van der Waals surface area contributed by atoms with E-state index >= 15 is 4.39 Å². The second-order valence-corrected chi connectivity index (χ2v) is 11.4. The molecule has 0 aromatic carbocycles. The Hall–Kier alpha value is -3.56. The monoisotopic (exact) mass is 636 g/mol. The Bertz CT molecular complexity index is 1550. The Morgan fingerprint density at radius 3 is 2.56 bits per heavy atom. The number of rotatable bonds is 10. The van der Waals surface area contributed by atoms with E-state index in [1.54, 1.807) is 0 Å². The fourth-order valence-corrected chi connectivity index (χ4v) is 5.78. The Morgan fingerprint density at radius 2 is 1.80 bits per heavy atom. The summed E-state index contributed by atoms with van der Waals surface area (Å²) in [6.45, 7) is 4.65. The number of nitrogen functional groups attached to an aromatic ring is 1. The lowest BCUT2D eigenvalue weighted by Crippen LogP contribution is -2.45. The molecule has 3 aliphatic heterocycles. The second-order valence-electron chi connectivity index (χ2n) is 11.4. The van der Waals surface area contributed by atoms with Gasteiger partial charge in [-0.1, -0.05) is 0 Å². The molecular formula is C26H37FN10O8. The normalized spacial score (nSPS) is 34.6. The molecule has 0 spiro atoms. The SMILES string of the molecule is CCOC1NC(NCOC[C@H]2O[C@@H](n3cnc4c(N)ncnc43)[C@](C)(O)[C@@H]2O)=Nc2c1ncn2[C@@H]1O[C@H](COC)[C@@H](O)[C@@]1(C)F. The van der Waals surface area contributed by atoms with Gasteiger partial charge in [-0.25, -0.2) is 24.3 Å². The summed E-state index contributed by atoms with van der Waals surface area (Å²) < 4.78 is 47.1. The highest BCUT2D eigenvalue weighted by Gasteiger charge is 2.56. The van der Waals surface area contributed by atoms with E-state index < -0.39 is 54.4 Å². The van der Waals surface area contributed by atoms with Crippen molar-refractivity contribution in [2.75, 3.05) is 39.4 Å². The van der Waals surface area contributed by atoms with Crippen molar-refractivity contribution in [1.82, 2.24) is 39.7 Å². The van der Waals surface area contributed by atoms with Crippen LogP contribution in [0.25, 0.3) is 11.2 Å². The number of hydrogen-bond donors (Lipinski definition) is 6.